The molecule has 5 rings (SSSR count). The molecule has 43 heavy (non-hydrogen) atoms. The highest BCUT2D eigenvalue weighted by atomic mass is 16.6. The molecule has 2 aromatic heterocycles. The Balaban J connectivity index is 1.24. The van der Waals surface area contributed by atoms with Crippen molar-refractivity contribution in [1.82, 2.24) is 24.8 Å². The molecular formula is C33H45N7O3. The van der Waals surface area contributed by atoms with Crippen LogP contribution in [0.5, 0.6) is 0 Å². The lowest BCUT2D eigenvalue weighted by atomic mass is 9.93. The number of aliphatic hydroxyl groups excluding tert-OH is 1. The first-order chi connectivity index (χ1) is 20.6. The van der Waals surface area contributed by atoms with Gasteiger partial charge in [-0.2, -0.15) is 4.98 Å². The van der Waals surface area contributed by atoms with Crippen molar-refractivity contribution in [2.45, 2.75) is 84.2 Å². The molecule has 230 valence electrons. The molecule has 10 heteroatoms. The normalized spacial score (nSPS) is 19.6. The predicted octanol–water partition coefficient (Wildman–Crippen LogP) is 5.23. The molecule has 3 N–H and O–H groups in total. The van der Waals surface area contributed by atoms with Gasteiger partial charge in [-0.3, -0.25) is 9.88 Å². The smallest absolute Gasteiger partial charge is 0.410 e. The molecule has 1 aliphatic heterocycles. The fourth-order valence-corrected chi connectivity index (χ4v) is 5.42. The first kappa shape index (κ1) is 30.7. The maximum absolute atomic E-state index is 12.4. The van der Waals surface area contributed by atoms with E-state index >= 15 is 0 Å². The summed E-state index contributed by atoms with van der Waals surface area (Å²) in [4.78, 5) is 30.8. The van der Waals surface area contributed by atoms with E-state index in [-0.39, 0.29) is 18.2 Å². The summed E-state index contributed by atoms with van der Waals surface area (Å²) >= 11 is 0. The quantitative estimate of drug-likeness (QED) is 0.326. The Bertz CT molecular complexity index is 1340. The molecule has 1 saturated heterocycles. The number of aryl methyl sites for hydroxylation is 1. The number of ether oxygens (including phenoxy) is 1. The number of nitrogens with one attached hydrogen (secondary N) is 2. The molecule has 1 amide bonds. The topological polar surface area (TPSA) is 116 Å². The first-order valence-electron chi connectivity index (χ1n) is 15.4. The number of pyridine rings is 1. The molecule has 2 aliphatic rings. The summed E-state index contributed by atoms with van der Waals surface area (Å²) in [5, 5.41) is 17.0. The molecule has 1 aromatic carbocycles. The van der Waals surface area contributed by atoms with Gasteiger partial charge < -0.3 is 25.4 Å². The van der Waals surface area contributed by atoms with E-state index in [0.717, 1.165) is 73.5 Å². The van der Waals surface area contributed by atoms with E-state index in [9.17, 15) is 9.90 Å². The Morgan fingerprint density at radius 3 is 2.30 bits per heavy atom. The third kappa shape index (κ3) is 8.87. The monoisotopic (exact) mass is 587 g/mol. The van der Waals surface area contributed by atoms with E-state index in [2.05, 4.69) is 57.8 Å². The molecule has 1 aliphatic carbocycles. The van der Waals surface area contributed by atoms with Crippen molar-refractivity contribution < 1.29 is 14.6 Å². The lowest BCUT2D eigenvalue weighted by molar-refractivity contribution is 0.0139. The Hall–Kier alpha value is -3.76. The van der Waals surface area contributed by atoms with Crippen molar-refractivity contribution in [2.24, 2.45) is 0 Å². The average Bonchev–Trinajstić information content (AvgIpc) is 2.98. The zero-order valence-corrected chi connectivity index (χ0v) is 25.8. The van der Waals surface area contributed by atoms with E-state index in [1.165, 1.54) is 5.56 Å². The minimum absolute atomic E-state index is 0.218. The number of benzene rings is 1. The molecule has 10 nitrogen and oxygen atoms in total. The van der Waals surface area contributed by atoms with Crippen molar-refractivity contribution in [3.8, 4) is 11.3 Å². The molecule has 0 radical (unpaired) electrons. The second-order valence-electron chi connectivity index (χ2n) is 12.7. The van der Waals surface area contributed by atoms with Crippen LogP contribution in [0.25, 0.3) is 11.3 Å². The molecule has 2 fully saturated rings. The largest absolute Gasteiger partial charge is 0.444 e. The summed E-state index contributed by atoms with van der Waals surface area (Å²) in [6.45, 7) is 12.0. The van der Waals surface area contributed by atoms with Crippen LogP contribution in [-0.2, 0) is 17.8 Å². The minimum atomic E-state index is -0.487. The highest BCUT2D eigenvalue weighted by Gasteiger charge is 2.26. The van der Waals surface area contributed by atoms with Crippen LogP contribution in [0.1, 0.15) is 63.1 Å². The standard InChI is InChI=1S/C33H45N7O3/c1-23-5-7-24(8-6-23)19-35-31-36-21-28(30(38-31)37-26-10-12-27(41)13-11-26)29-14-9-25(20-34-29)22-39-15-17-40(18-16-39)32(42)43-33(2,3)4/h5-9,14,20-21,26-27,41H,10-13,15-19,22H2,1-4H3,(H2,35,36,37,38)/t26-,27-. The second kappa shape index (κ2) is 13.7. The third-order valence-corrected chi connectivity index (χ3v) is 7.93. The van der Waals surface area contributed by atoms with Crippen LogP contribution >= 0.6 is 0 Å². The van der Waals surface area contributed by atoms with Gasteiger partial charge in [0, 0.05) is 57.7 Å². The summed E-state index contributed by atoms with van der Waals surface area (Å²) in [5.41, 5.74) is 4.68. The van der Waals surface area contributed by atoms with E-state index < -0.39 is 5.60 Å². The molecule has 3 aromatic rings. The Labute approximate surface area is 254 Å². The number of aromatic nitrogens is 3. The highest BCUT2D eigenvalue weighted by molar-refractivity contribution is 5.73. The van der Waals surface area contributed by atoms with Gasteiger partial charge in [0.2, 0.25) is 5.95 Å². The van der Waals surface area contributed by atoms with Gasteiger partial charge in [-0.15, -0.1) is 0 Å². The Morgan fingerprint density at radius 2 is 1.65 bits per heavy atom. The van der Waals surface area contributed by atoms with Crippen LogP contribution in [0.15, 0.2) is 48.8 Å². The number of piperazine rings is 1. The van der Waals surface area contributed by atoms with E-state index in [0.29, 0.717) is 25.6 Å². The van der Waals surface area contributed by atoms with Crippen LogP contribution < -0.4 is 10.6 Å². The van der Waals surface area contributed by atoms with E-state index in [4.69, 9.17) is 14.7 Å². The number of aliphatic hydroxyl groups is 1. The molecule has 0 atom stereocenters. The van der Waals surface area contributed by atoms with Crippen LogP contribution in [0.2, 0.25) is 0 Å². The van der Waals surface area contributed by atoms with Gasteiger partial charge in [0.05, 0.1) is 17.4 Å². The molecule has 0 spiro atoms. The lowest BCUT2D eigenvalue weighted by Gasteiger charge is -2.35. The highest BCUT2D eigenvalue weighted by Crippen LogP contribution is 2.29. The van der Waals surface area contributed by atoms with Crippen LogP contribution in [0.4, 0.5) is 16.6 Å². The minimum Gasteiger partial charge on any atom is -0.444 e. The van der Waals surface area contributed by atoms with Crippen molar-refractivity contribution in [1.29, 1.82) is 0 Å². The van der Waals surface area contributed by atoms with Gasteiger partial charge in [-0.25, -0.2) is 9.78 Å². The molecule has 0 bridgehead atoms. The fourth-order valence-electron chi connectivity index (χ4n) is 5.42. The first-order valence-corrected chi connectivity index (χ1v) is 15.4. The number of amides is 1. The van der Waals surface area contributed by atoms with Crippen molar-refractivity contribution in [3.05, 3.63) is 65.5 Å². The zero-order chi connectivity index (χ0) is 30.4. The summed E-state index contributed by atoms with van der Waals surface area (Å²) in [6.07, 6.45) is 6.65. The van der Waals surface area contributed by atoms with Crippen LogP contribution in [0, 0.1) is 6.92 Å². The third-order valence-electron chi connectivity index (χ3n) is 7.93. The number of hydrogen-bond acceptors (Lipinski definition) is 9. The fraction of sp³-hybridized carbons (Fsp3) is 0.515. The second-order valence-corrected chi connectivity index (χ2v) is 12.7. The van der Waals surface area contributed by atoms with Crippen LogP contribution in [-0.4, -0.2) is 79.9 Å². The van der Waals surface area contributed by atoms with Gasteiger partial charge >= 0.3 is 6.09 Å². The van der Waals surface area contributed by atoms with E-state index in [1.807, 2.05) is 39.2 Å². The molecular weight excluding hydrogens is 542 g/mol. The maximum atomic E-state index is 12.4. The molecule has 1 saturated carbocycles. The predicted molar refractivity (Wildman–Crippen MR) is 169 cm³/mol. The van der Waals surface area contributed by atoms with Gasteiger partial charge in [-0.05, 0) is 70.6 Å². The summed E-state index contributed by atoms with van der Waals surface area (Å²) in [5.74, 6) is 1.31. The number of rotatable bonds is 8. The Morgan fingerprint density at radius 1 is 0.953 bits per heavy atom. The number of carbonyl (C=O) groups is 1. The van der Waals surface area contributed by atoms with Gasteiger partial charge in [-0.1, -0.05) is 35.9 Å². The average molecular weight is 588 g/mol. The lowest BCUT2D eigenvalue weighted by Crippen LogP contribution is -2.49. The summed E-state index contributed by atoms with van der Waals surface area (Å²) in [7, 11) is 0. The maximum Gasteiger partial charge on any atom is 0.410 e. The SMILES string of the molecule is Cc1ccc(CNc2ncc(-c3ccc(CN4CCN(C(=O)OC(C)(C)C)CC4)cn3)c(N[C@H]3CC[C@H](O)CC3)n2)cc1. The van der Waals surface area contributed by atoms with Crippen molar-refractivity contribution >= 4 is 17.9 Å². The zero-order valence-electron chi connectivity index (χ0n) is 25.8. The van der Waals surface area contributed by atoms with Crippen molar-refractivity contribution in [3.63, 3.8) is 0 Å². The number of carbonyl (C=O) groups excluding carboxylic acids is 1. The van der Waals surface area contributed by atoms with Gasteiger partial charge in [0.25, 0.3) is 0 Å². The Kier molecular flexibility index (Phi) is 9.77. The van der Waals surface area contributed by atoms with E-state index in [1.54, 1.807) is 4.90 Å². The van der Waals surface area contributed by atoms with Gasteiger partial charge in [0.15, 0.2) is 0 Å². The molecule has 0 unspecified atom stereocenters. The number of anilines is 2. The van der Waals surface area contributed by atoms with Crippen molar-refractivity contribution in [2.75, 3.05) is 36.8 Å². The number of nitrogens with zero attached hydrogens (tertiary/aromatic N) is 5. The van der Waals surface area contributed by atoms with Gasteiger partial charge in [0.1, 0.15) is 11.4 Å². The summed E-state index contributed by atoms with van der Waals surface area (Å²) < 4.78 is 5.52. The van der Waals surface area contributed by atoms with Crippen LogP contribution in [0.3, 0.4) is 0 Å². The number of hydrogen-bond donors (Lipinski definition) is 3. The summed E-state index contributed by atoms with van der Waals surface area (Å²) in [6, 6.07) is 12.8. The molecule has 3 heterocycles.